The standard InChI is InChI=1S/C85H60N2/c1-85(2)81-34-19-18-33-73(81)74-46-45-72(56-82(74)85)86(70-41-35-59(36-42-70)57-21-8-3-9-22-57)71-43-37-60(38-44-71)65-39-47-83-79(50-65)80-51-66(40-48-84(80)87(83)69-31-16-7-17-32-69)63-29-20-30-64(49-63)68-53-76(62-27-14-6-15-28-62)77-54-67(58-23-10-4-11-24-58)52-75(78(77)55-68)61-25-12-5-13-26-61/h3-56H,1-2H3. The van der Waals surface area contributed by atoms with Gasteiger partial charge in [-0.05, 0) is 214 Å². The van der Waals surface area contributed by atoms with Crippen molar-refractivity contribution in [1.82, 2.24) is 4.57 Å². The lowest BCUT2D eigenvalue weighted by molar-refractivity contribution is 0.660. The van der Waals surface area contributed by atoms with Gasteiger partial charge in [0.2, 0.25) is 0 Å². The Hall–Kier alpha value is -11.1. The summed E-state index contributed by atoms with van der Waals surface area (Å²) in [7, 11) is 0. The SMILES string of the molecule is CC1(C)c2ccccc2-c2ccc(N(c3ccc(-c4ccccc4)cc3)c3ccc(-c4ccc5c(c4)c4cc(-c6cccc(-c7cc(-c8ccccc8)c8cc(-c9ccccc9)cc(-c9ccccc9)c8c7)c6)ccc4n5-c4ccccc4)cc3)cc21. The summed E-state index contributed by atoms with van der Waals surface area (Å²) in [6.07, 6.45) is 0. The molecule has 1 heterocycles. The minimum absolute atomic E-state index is 0.130. The Morgan fingerprint density at radius 2 is 0.598 bits per heavy atom. The highest BCUT2D eigenvalue weighted by Gasteiger charge is 2.36. The number of aromatic nitrogens is 1. The molecule has 2 nitrogen and oxygen atoms in total. The predicted molar refractivity (Wildman–Crippen MR) is 369 cm³/mol. The van der Waals surface area contributed by atoms with E-state index in [2.05, 4.69) is 351 Å². The molecule has 0 radical (unpaired) electrons. The highest BCUT2D eigenvalue weighted by molar-refractivity contribution is 6.12. The maximum absolute atomic E-state index is 2.42. The quantitative estimate of drug-likeness (QED) is 0.125. The molecule has 2 heteroatoms. The number of nitrogens with zero attached hydrogens (tertiary/aromatic N) is 2. The van der Waals surface area contributed by atoms with Crippen LogP contribution in [0.4, 0.5) is 17.1 Å². The van der Waals surface area contributed by atoms with Crippen molar-refractivity contribution in [1.29, 1.82) is 0 Å². The zero-order valence-electron chi connectivity index (χ0n) is 48.6. The van der Waals surface area contributed by atoms with Gasteiger partial charge < -0.3 is 9.47 Å². The van der Waals surface area contributed by atoms with Crippen molar-refractivity contribution in [2.24, 2.45) is 0 Å². The van der Waals surface area contributed by atoms with Gasteiger partial charge in [0.25, 0.3) is 0 Å². The minimum atomic E-state index is -0.130. The van der Waals surface area contributed by atoms with Crippen LogP contribution in [-0.2, 0) is 5.41 Å². The van der Waals surface area contributed by atoms with E-state index >= 15 is 0 Å². The summed E-state index contributed by atoms with van der Waals surface area (Å²) in [6, 6.07) is 121. The average Bonchev–Trinajstić information content (AvgIpc) is 2.66. The molecule has 1 aliphatic carbocycles. The summed E-state index contributed by atoms with van der Waals surface area (Å²) in [4.78, 5) is 2.41. The highest BCUT2D eigenvalue weighted by atomic mass is 15.1. The molecule has 0 aliphatic heterocycles. The summed E-state index contributed by atoms with van der Waals surface area (Å²) in [5.41, 5.74) is 28.7. The third-order valence-corrected chi connectivity index (χ3v) is 18.2. The van der Waals surface area contributed by atoms with Crippen LogP contribution in [0, 0.1) is 0 Å². The summed E-state index contributed by atoms with van der Waals surface area (Å²) >= 11 is 0. The molecular weight excluding hydrogens is 1050 g/mol. The Labute approximate surface area is 508 Å². The second-order valence-electron chi connectivity index (χ2n) is 23.7. The van der Waals surface area contributed by atoms with Crippen molar-refractivity contribution in [3.8, 4) is 94.7 Å². The van der Waals surface area contributed by atoms with E-state index in [-0.39, 0.29) is 5.41 Å². The first-order valence-corrected chi connectivity index (χ1v) is 30.2. The summed E-state index contributed by atoms with van der Waals surface area (Å²) < 4.78 is 2.42. The van der Waals surface area contributed by atoms with E-state index < -0.39 is 0 Å². The molecule has 0 saturated carbocycles. The van der Waals surface area contributed by atoms with Crippen LogP contribution in [0.1, 0.15) is 25.0 Å². The zero-order chi connectivity index (χ0) is 58.0. The molecule has 0 amide bonds. The van der Waals surface area contributed by atoms with Gasteiger partial charge in [-0.2, -0.15) is 0 Å². The molecule has 0 saturated heterocycles. The van der Waals surface area contributed by atoms with Crippen LogP contribution in [0.15, 0.2) is 328 Å². The van der Waals surface area contributed by atoms with E-state index in [0.717, 1.165) is 28.3 Å². The fourth-order valence-corrected chi connectivity index (χ4v) is 13.8. The number of rotatable bonds is 11. The topological polar surface area (TPSA) is 8.17 Å². The summed E-state index contributed by atoms with van der Waals surface area (Å²) in [6.45, 7) is 4.72. The predicted octanol–water partition coefficient (Wildman–Crippen LogP) is 23.4. The first-order chi connectivity index (χ1) is 42.9. The molecule has 0 spiro atoms. The monoisotopic (exact) mass is 1110 g/mol. The smallest absolute Gasteiger partial charge is 0.0541 e. The Bertz CT molecular complexity index is 5060. The molecule has 15 aromatic rings. The van der Waals surface area contributed by atoms with Crippen molar-refractivity contribution in [3.05, 3.63) is 339 Å². The van der Waals surface area contributed by atoms with E-state index in [1.54, 1.807) is 0 Å². The highest BCUT2D eigenvalue weighted by Crippen LogP contribution is 2.51. The lowest BCUT2D eigenvalue weighted by Gasteiger charge is -2.28. The van der Waals surface area contributed by atoms with Crippen LogP contribution in [0.5, 0.6) is 0 Å². The Balaban J connectivity index is 0.799. The van der Waals surface area contributed by atoms with Crippen molar-refractivity contribution >= 4 is 49.6 Å². The molecule has 0 unspecified atom stereocenters. The third-order valence-electron chi connectivity index (χ3n) is 18.2. The number of fused-ring (bicyclic) bond motifs is 7. The van der Waals surface area contributed by atoms with Crippen LogP contribution in [0.3, 0.4) is 0 Å². The number of hydrogen-bond donors (Lipinski definition) is 0. The van der Waals surface area contributed by atoms with Crippen molar-refractivity contribution in [3.63, 3.8) is 0 Å². The fourth-order valence-electron chi connectivity index (χ4n) is 13.8. The van der Waals surface area contributed by atoms with Crippen LogP contribution >= 0.6 is 0 Å². The van der Waals surface area contributed by atoms with Gasteiger partial charge in [0.1, 0.15) is 0 Å². The van der Waals surface area contributed by atoms with Gasteiger partial charge in [-0.25, -0.2) is 0 Å². The van der Waals surface area contributed by atoms with Gasteiger partial charge in [0.15, 0.2) is 0 Å². The van der Waals surface area contributed by atoms with E-state index in [0.29, 0.717) is 0 Å². The first-order valence-electron chi connectivity index (χ1n) is 30.2. The Morgan fingerprint density at radius 1 is 0.230 bits per heavy atom. The molecule has 16 rings (SSSR count). The van der Waals surface area contributed by atoms with Crippen molar-refractivity contribution < 1.29 is 0 Å². The van der Waals surface area contributed by atoms with Crippen molar-refractivity contribution in [2.75, 3.05) is 4.90 Å². The third kappa shape index (κ3) is 9.13. The number of benzene rings is 14. The van der Waals surface area contributed by atoms with E-state index in [4.69, 9.17) is 0 Å². The molecule has 410 valence electrons. The molecule has 1 aromatic heterocycles. The second-order valence-corrected chi connectivity index (χ2v) is 23.7. The molecule has 14 aromatic carbocycles. The van der Waals surface area contributed by atoms with Crippen LogP contribution in [-0.4, -0.2) is 4.57 Å². The molecule has 0 atom stereocenters. The van der Waals surface area contributed by atoms with Gasteiger partial charge in [0.05, 0.1) is 11.0 Å². The average molecular weight is 1110 g/mol. The molecular formula is C85H60N2. The van der Waals surface area contributed by atoms with E-state index in [1.165, 1.54) is 127 Å². The van der Waals surface area contributed by atoms with Crippen LogP contribution in [0.2, 0.25) is 0 Å². The van der Waals surface area contributed by atoms with E-state index in [9.17, 15) is 0 Å². The molecule has 87 heavy (non-hydrogen) atoms. The lowest BCUT2D eigenvalue weighted by Crippen LogP contribution is -2.16. The van der Waals surface area contributed by atoms with E-state index in [1.807, 2.05) is 0 Å². The largest absolute Gasteiger partial charge is 0.310 e. The number of hydrogen-bond acceptors (Lipinski definition) is 1. The summed E-state index contributed by atoms with van der Waals surface area (Å²) in [5, 5.41) is 4.88. The van der Waals surface area contributed by atoms with Gasteiger partial charge in [-0.1, -0.05) is 238 Å². The Kier molecular flexibility index (Phi) is 12.6. The molecule has 0 fully saturated rings. The first kappa shape index (κ1) is 51.6. The second kappa shape index (κ2) is 21.2. The summed E-state index contributed by atoms with van der Waals surface area (Å²) in [5.74, 6) is 0. The minimum Gasteiger partial charge on any atom is -0.310 e. The normalized spacial score (nSPS) is 12.3. The maximum atomic E-state index is 2.42. The van der Waals surface area contributed by atoms with Crippen LogP contribution < -0.4 is 4.90 Å². The van der Waals surface area contributed by atoms with Crippen LogP contribution in [0.25, 0.3) is 127 Å². The molecule has 0 N–H and O–H groups in total. The molecule has 1 aliphatic rings. The van der Waals surface area contributed by atoms with Gasteiger partial charge in [-0.15, -0.1) is 0 Å². The number of para-hydroxylation sites is 1. The Morgan fingerprint density at radius 3 is 1.15 bits per heavy atom. The van der Waals surface area contributed by atoms with Crippen molar-refractivity contribution in [2.45, 2.75) is 19.3 Å². The van der Waals surface area contributed by atoms with Gasteiger partial charge in [0, 0.05) is 38.9 Å². The van der Waals surface area contributed by atoms with Gasteiger partial charge >= 0.3 is 0 Å². The van der Waals surface area contributed by atoms with Gasteiger partial charge in [-0.3, -0.25) is 0 Å². The number of anilines is 3. The maximum Gasteiger partial charge on any atom is 0.0541 e. The molecule has 0 bridgehead atoms. The lowest BCUT2D eigenvalue weighted by atomic mass is 9.82. The zero-order valence-corrected chi connectivity index (χ0v) is 48.6. The fraction of sp³-hybridized carbons (Fsp3) is 0.0353.